The summed E-state index contributed by atoms with van der Waals surface area (Å²) in [5, 5.41) is 6.06. The lowest BCUT2D eigenvalue weighted by Gasteiger charge is -2.25. The van der Waals surface area contributed by atoms with Crippen molar-refractivity contribution in [3.05, 3.63) is 143 Å². The van der Waals surface area contributed by atoms with Crippen molar-refractivity contribution in [2.75, 3.05) is 32.2 Å². The van der Waals surface area contributed by atoms with E-state index in [-0.39, 0.29) is 24.4 Å². The van der Waals surface area contributed by atoms with Gasteiger partial charge in [-0.25, -0.2) is 19.6 Å². The summed E-state index contributed by atoms with van der Waals surface area (Å²) < 4.78 is 13.8. The Hall–Kier alpha value is -4.60. The van der Waals surface area contributed by atoms with Gasteiger partial charge in [0.15, 0.2) is 20.6 Å². The van der Waals surface area contributed by atoms with Crippen LogP contribution in [0.4, 0.5) is 5.13 Å². The molecule has 5 heterocycles. The van der Waals surface area contributed by atoms with E-state index in [1.54, 1.807) is 89.0 Å². The van der Waals surface area contributed by atoms with Crippen LogP contribution in [0.3, 0.4) is 0 Å². The number of Topliss-reactive ketones (excluding diaryl/α,β-unsaturated/α-hetero) is 2. The van der Waals surface area contributed by atoms with Crippen LogP contribution in [0.5, 0.6) is 0 Å². The van der Waals surface area contributed by atoms with E-state index in [1.807, 2.05) is 9.95 Å². The Morgan fingerprint density at radius 1 is 0.684 bits per heavy atom. The molecule has 7 rings (SSSR count). The number of hydrogen-bond donors (Lipinski definition) is 0. The molecule has 6 aromatic rings. The average Bonchev–Trinajstić information content (AvgIpc) is 4.03. The maximum absolute atomic E-state index is 13.0. The second-order valence-electron chi connectivity index (χ2n) is 13.2. The number of aromatic nitrogens is 4. The van der Waals surface area contributed by atoms with Crippen molar-refractivity contribution in [3.8, 4) is 0 Å². The predicted molar refractivity (Wildman–Crippen MR) is 227 cm³/mol. The van der Waals surface area contributed by atoms with E-state index >= 15 is 0 Å². The summed E-state index contributed by atoms with van der Waals surface area (Å²) in [6.07, 6.45) is 7.63. The molecule has 0 saturated carbocycles. The highest BCUT2D eigenvalue weighted by Crippen LogP contribution is 2.26. The largest absolute Gasteiger partial charge is 0.465 e. The van der Waals surface area contributed by atoms with E-state index in [4.69, 9.17) is 32.9 Å². The standard InChI is InChI=1S/C23H24ClN3O3S.C18H14BrClN2O3S/c1-30-22(29)17-7-5-16(6-8-17)11-21(28)20-12-18(24)13-27(20)14-19-15-31-23(25-19)26-9-3-2-4-10-26;1-25-17(24)12-4-2-11(3-5-12)6-16(23)15-7-13(20)8-22(15)9-14-10-26-18(19)21-14/h5-8,12-13,15H,2-4,9-11,14H2,1H3;2-5,7-8,10H,6,9H2,1H3. The SMILES string of the molecule is COC(=O)c1ccc(CC(=O)c2cc(Cl)cn2Cc2csc(Br)n2)cc1.COC(=O)c1ccc(CC(=O)c2cc(Cl)cn2Cc2csc(N3CCCCC3)n2)cc1. The van der Waals surface area contributed by atoms with Gasteiger partial charge in [-0.15, -0.1) is 22.7 Å². The molecule has 1 aliphatic heterocycles. The highest BCUT2D eigenvalue weighted by atomic mass is 79.9. The molecule has 1 aliphatic rings. The third-order valence-corrected chi connectivity index (χ3v) is 11.9. The number of thiazole rings is 2. The summed E-state index contributed by atoms with van der Waals surface area (Å²) in [5.41, 5.74) is 5.39. The van der Waals surface area contributed by atoms with Crippen molar-refractivity contribution in [1.82, 2.24) is 19.1 Å². The number of carbonyl (C=O) groups excluding carboxylic acids is 4. The van der Waals surface area contributed by atoms with Crippen molar-refractivity contribution in [2.45, 2.75) is 45.2 Å². The molecular formula is C41H38BrCl2N5O6S2. The molecular weight excluding hydrogens is 873 g/mol. The second kappa shape index (κ2) is 19.7. The molecule has 0 aliphatic carbocycles. The summed E-state index contributed by atoms with van der Waals surface area (Å²) in [6, 6.07) is 17.0. The zero-order chi connectivity index (χ0) is 40.5. The van der Waals surface area contributed by atoms with E-state index < -0.39 is 11.9 Å². The van der Waals surface area contributed by atoms with Crippen LogP contribution in [0.25, 0.3) is 0 Å². The summed E-state index contributed by atoms with van der Waals surface area (Å²) in [5.74, 6) is -0.898. The number of piperidine rings is 1. The van der Waals surface area contributed by atoms with E-state index in [0.717, 1.165) is 44.7 Å². The van der Waals surface area contributed by atoms with Crippen LogP contribution in [0.15, 0.2) is 87.7 Å². The molecule has 0 unspecified atom stereocenters. The number of rotatable bonds is 13. The third kappa shape index (κ3) is 11.3. The molecule has 4 aromatic heterocycles. The summed E-state index contributed by atoms with van der Waals surface area (Å²) in [4.78, 5) is 60.2. The number of hydrogen-bond acceptors (Lipinski definition) is 11. The normalized spacial score (nSPS) is 12.5. The molecule has 1 fully saturated rings. The van der Waals surface area contributed by atoms with Crippen molar-refractivity contribution in [1.29, 1.82) is 0 Å². The van der Waals surface area contributed by atoms with Gasteiger partial charge in [0.05, 0.1) is 71.3 Å². The molecule has 16 heteroatoms. The van der Waals surface area contributed by atoms with E-state index in [0.29, 0.717) is 45.6 Å². The number of methoxy groups -OCH3 is 2. The first-order valence-electron chi connectivity index (χ1n) is 17.9. The van der Waals surface area contributed by atoms with Gasteiger partial charge in [0.1, 0.15) is 0 Å². The summed E-state index contributed by atoms with van der Waals surface area (Å²) >= 11 is 18.8. The first-order chi connectivity index (χ1) is 27.5. The molecule has 1 saturated heterocycles. The quantitative estimate of drug-likeness (QED) is 0.0823. The van der Waals surface area contributed by atoms with Crippen LogP contribution in [-0.4, -0.2) is 69.9 Å². The van der Waals surface area contributed by atoms with E-state index in [9.17, 15) is 19.2 Å². The van der Waals surface area contributed by atoms with Gasteiger partial charge in [-0.05, 0) is 82.7 Å². The van der Waals surface area contributed by atoms with Gasteiger partial charge in [0.25, 0.3) is 0 Å². The fourth-order valence-corrected chi connectivity index (χ4v) is 8.64. The van der Waals surface area contributed by atoms with Gasteiger partial charge < -0.3 is 23.5 Å². The number of ketones is 2. The molecule has 11 nitrogen and oxygen atoms in total. The van der Waals surface area contributed by atoms with Crippen LogP contribution in [-0.2, 0) is 35.4 Å². The number of benzene rings is 2. The van der Waals surface area contributed by atoms with Crippen LogP contribution in [0.1, 0.15) is 83.5 Å². The monoisotopic (exact) mass is 909 g/mol. The number of carbonyl (C=O) groups is 4. The average molecular weight is 912 g/mol. The smallest absolute Gasteiger partial charge is 0.337 e. The minimum atomic E-state index is -0.405. The van der Waals surface area contributed by atoms with Crippen molar-refractivity contribution in [3.63, 3.8) is 0 Å². The van der Waals surface area contributed by atoms with Crippen LogP contribution in [0.2, 0.25) is 10.0 Å². The predicted octanol–water partition coefficient (Wildman–Crippen LogP) is 9.47. The van der Waals surface area contributed by atoms with Gasteiger partial charge in [0, 0.05) is 49.1 Å². The van der Waals surface area contributed by atoms with Gasteiger partial charge >= 0.3 is 11.9 Å². The molecule has 0 radical (unpaired) electrons. The molecule has 0 amide bonds. The highest BCUT2D eigenvalue weighted by Gasteiger charge is 2.19. The van der Waals surface area contributed by atoms with Gasteiger partial charge in [-0.1, -0.05) is 47.5 Å². The number of anilines is 1. The van der Waals surface area contributed by atoms with E-state index in [2.05, 4.69) is 35.9 Å². The Morgan fingerprint density at radius 3 is 1.58 bits per heavy atom. The fraction of sp³-hybridized carbons (Fsp3) is 0.268. The highest BCUT2D eigenvalue weighted by molar-refractivity contribution is 9.11. The third-order valence-electron chi connectivity index (χ3n) is 9.13. The lowest BCUT2D eigenvalue weighted by atomic mass is 10.1. The van der Waals surface area contributed by atoms with Crippen LogP contribution >= 0.6 is 61.8 Å². The topological polar surface area (TPSA) is 126 Å². The fourth-order valence-electron chi connectivity index (χ4n) is 6.29. The van der Waals surface area contributed by atoms with Crippen LogP contribution < -0.4 is 4.90 Å². The molecule has 0 bridgehead atoms. The zero-order valence-corrected chi connectivity index (χ0v) is 35.8. The number of esters is 2. The number of nitrogens with zero attached hydrogens (tertiary/aromatic N) is 5. The van der Waals surface area contributed by atoms with Crippen molar-refractivity contribution < 1.29 is 28.7 Å². The maximum Gasteiger partial charge on any atom is 0.337 e. The molecule has 296 valence electrons. The lowest BCUT2D eigenvalue weighted by Crippen LogP contribution is -2.29. The Morgan fingerprint density at radius 2 is 1.14 bits per heavy atom. The number of ether oxygens (including phenoxy) is 2. The second-order valence-corrected chi connectivity index (χ2v) is 17.0. The van der Waals surface area contributed by atoms with Crippen molar-refractivity contribution in [2.24, 2.45) is 0 Å². The van der Waals surface area contributed by atoms with Gasteiger partial charge in [0.2, 0.25) is 0 Å². The lowest BCUT2D eigenvalue weighted by molar-refractivity contribution is 0.0592. The molecule has 57 heavy (non-hydrogen) atoms. The Labute approximate surface area is 356 Å². The first-order valence-corrected chi connectivity index (χ1v) is 21.2. The molecule has 0 atom stereocenters. The molecule has 0 spiro atoms. The van der Waals surface area contributed by atoms with E-state index in [1.165, 1.54) is 44.8 Å². The Balaban J connectivity index is 0.000000196. The Bertz CT molecular complexity index is 2350. The van der Waals surface area contributed by atoms with Crippen LogP contribution in [0, 0.1) is 0 Å². The van der Waals surface area contributed by atoms with Crippen molar-refractivity contribution >= 4 is 90.4 Å². The summed E-state index contributed by atoms with van der Waals surface area (Å²) in [7, 11) is 2.67. The molecule has 2 aromatic carbocycles. The number of halogens is 3. The maximum atomic E-state index is 13.0. The van der Waals surface area contributed by atoms with Gasteiger partial charge in [-0.2, -0.15) is 0 Å². The minimum Gasteiger partial charge on any atom is -0.465 e. The summed E-state index contributed by atoms with van der Waals surface area (Å²) in [6.45, 7) is 3.08. The van der Waals surface area contributed by atoms with Gasteiger partial charge in [-0.3, -0.25) is 9.59 Å². The first kappa shape index (κ1) is 42.0. The zero-order valence-electron chi connectivity index (χ0n) is 31.1. The minimum absolute atomic E-state index is 0.0378. The molecule has 0 N–H and O–H groups in total. The Kier molecular flexibility index (Phi) is 14.5.